The average Bonchev–Trinajstić information content (AvgIpc) is 2.83. The molecule has 3 aromatic rings. The number of H-pyrrole nitrogens is 1. The number of para-hydroxylation sites is 1. The van der Waals surface area contributed by atoms with Gasteiger partial charge in [0, 0.05) is 38.2 Å². The van der Waals surface area contributed by atoms with Gasteiger partial charge in [0.05, 0.1) is 11.6 Å². The van der Waals surface area contributed by atoms with E-state index in [2.05, 4.69) is 15.0 Å². The minimum absolute atomic E-state index is 0.00682. The molecule has 3 heterocycles. The summed E-state index contributed by atoms with van der Waals surface area (Å²) in [7, 11) is 0. The Hall–Kier alpha value is -4.10. The number of piperazine rings is 1. The van der Waals surface area contributed by atoms with Crippen LogP contribution in [0.1, 0.15) is 28.3 Å². The third kappa shape index (κ3) is 5.52. The number of benzene rings is 1. The van der Waals surface area contributed by atoms with Crippen LogP contribution >= 0.6 is 0 Å². The highest BCUT2D eigenvalue weighted by Crippen LogP contribution is 2.36. The molecule has 2 aromatic heterocycles. The minimum atomic E-state index is -4.97. The molecule has 0 radical (unpaired) electrons. The van der Waals surface area contributed by atoms with E-state index in [1.807, 2.05) is 0 Å². The maximum atomic E-state index is 13.6. The van der Waals surface area contributed by atoms with E-state index in [-0.39, 0.29) is 36.9 Å². The van der Waals surface area contributed by atoms with E-state index in [0.29, 0.717) is 12.4 Å². The molecule has 1 atom stereocenters. The number of hydrogen-bond donors (Lipinski definition) is 1. The molecular formula is C23H19F6N5O3. The first-order chi connectivity index (χ1) is 17.4. The first kappa shape index (κ1) is 26.0. The van der Waals surface area contributed by atoms with Crippen LogP contribution < -0.4 is 15.2 Å². The molecule has 0 saturated carbocycles. The fourth-order valence-corrected chi connectivity index (χ4v) is 4.05. The summed E-state index contributed by atoms with van der Waals surface area (Å²) < 4.78 is 85.2. The fraction of sp³-hybridized carbons (Fsp3) is 0.304. The van der Waals surface area contributed by atoms with Crippen LogP contribution in [0.2, 0.25) is 0 Å². The number of carbonyl (C=O) groups is 1. The van der Waals surface area contributed by atoms with Gasteiger partial charge in [-0.25, -0.2) is 14.8 Å². The molecule has 0 aliphatic carbocycles. The van der Waals surface area contributed by atoms with Crippen molar-refractivity contribution in [3.63, 3.8) is 0 Å². The molecule has 1 fully saturated rings. The quantitative estimate of drug-likeness (QED) is 0.502. The number of aromatic nitrogens is 3. The number of amides is 1. The SMILES string of the molecule is Cc1c(C2CN(C(=O)Oc3ccccc3)CCN2c2ncc(C(F)(F)F)cn2)c[nH]c(=O)c1C(F)(F)F. The zero-order valence-electron chi connectivity index (χ0n) is 19.1. The Morgan fingerprint density at radius 1 is 1.03 bits per heavy atom. The summed E-state index contributed by atoms with van der Waals surface area (Å²) in [6.45, 7) is 0.863. The molecule has 4 rings (SSSR count). The van der Waals surface area contributed by atoms with Gasteiger partial charge < -0.3 is 19.5 Å². The van der Waals surface area contributed by atoms with E-state index in [9.17, 15) is 35.9 Å². The van der Waals surface area contributed by atoms with E-state index in [1.165, 1.54) is 9.80 Å². The fourth-order valence-electron chi connectivity index (χ4n) is 4.05. The second-order valence-corrected chi connectivity index (χ2v) is 8.18. The second-order valence-electron chi connectivity index (χ2n) is 8.18. The number of pyridine rings is 1. The van der Waals surface area contributed by atoms with Gasteiger partial charge in [0.1, 0.15) is 11.3 Å². The van der Waals surface area contributed by atoms with Crippen LogP contribution in [-0.2, 0) is 12.4 Å². The Morgan fingerprint density at radius 3 is 2.27 bits per heavy atom. The number of alkyl halides is 6. The molecule has 14 heteroatoms. The lowest BCUT2D eigenvalue weighted by Crippen LogP contribution is -2.52. The van der Waals surface area contributed by atoms with Crippen molar-refractivity contribution in [1.82, 2.24) is 19.9 Å². The number of carbonyl (C=O) groups excluding carboxylic acids is 1. The topological polar surface area (TPSA) is 91.4 Å². The predicted octanol–water partition coefficient (Wildman–Crippen LogP) is 4.57. The summed E-state index contributed by atoms with van der Waals surface area (Å²) >= 11 is 0. The Balaban J connectivity index is 1.72. The van der Waals surface area contributed by atoms with Crippen LogP contribution in [0, 0.1) is 6.92 Å². The highest BCUT2D eigenvalue weighted by atomic mass is 19.4. The normalized spacial score (nSPS) is 16.6. The molecular weight excluding hydrogens is 508 g/mol. The standard InChI is InChI=1S/C23H19F6N5O3/c1-13-16(11-30-19(35)18(13)23(27,28)29)17-12-33(21(36)37-15-5-3-2-4-6-15)7-8-34(17)20-31-9-14(10-32-20)22(24,25)26/h2-6,9-11,17H,7-8,12H2,1H3,(H,30,35). The summed E-state index contributed by atoms with van der Waals surface area (Å²) in [5.74, 6) is 0.0605. The number of nitrogens with one attached hydrogen (secondary N) is 1. The Labute approximate surface area is 205 Å². The smallest absolute Gasteiger partial charge is 0.410 e. The summed E-state index contributed by atoms with van der Waals surface area (Å²) in [6, 6.07) is 7.05. The lowest BCUT2D eigenvalue weighted by Gasteiger charge is -2.41. The van der Waals surface area contributed by atoms with Gasteiger partial charge in [0.2, 0.25) is 5.95 Å². The van der Waals surface area contributed by atoms with E-state index >= 15 is 0 Å². The number of nitrogens with zero attached hydrogens (tertiary/aromatic N) is 4. The number of rotatable bonds is 3. The van der Waals surface area contributed by atoms with Crippen molar-refractivity contribution in [2.75, 3.05) is 24.5 Å². The molecule has 0 spiro atoms. The van der Waals surface area contributed by atoms with Crippen molar-refractivity contribution in [2.24, 2.45) is 0 Å². The predicted molar refractivity (Wildman–Crippen MR) is 118 cm³/mol. The first-order valence-corrected chi connectivity index (χ1v) is 10.8. The number of halogens is 6. The van der Waals surface area contributed by atoms with Crippen LogP contribution in [-0.4, -0.2) is 45.6 Å². The number of aromatic amines is 1. The van der Waals surface area contributed by atoms with Gasteiger partial charge in [-0.1, -0.05) is 18.2 Å². The zero-order chi connectivity index (χ0) is 27.0. The molecule has 1 N–H and O–H groups in total. The van der Waals surface area contributed by atoms with Crippen LogP contribution in [0.3, 0.4) is 0 Å². The summed E-state index contributed by atoms with van der Waals surface area (Å²) in [4.78, 5) is 37.0. The number of ether oxygens (including phenoxy) is 1. The van der Waals surface area contributed by atoms with Gasteiger partial charge in [0.25, 0.3) is 5.56 Å². The molecule has 1 unspecified atom stereocenters. The van der Waals surface area contributed by atoms with Gasteiger partial charge in [-0.3, -0.25) is 4.79 Å². The van der Waals surface area contributed by atoms with E-state index in [1.54, 1.807) is 30.3 Å². The van der Waals surface area contributed by atoms with Crippen LogP contribution in [0.15, 0.2) is 53.7 Å². The maximum Gasteiger partial charge on any atom is 0.421 e. The maximum absolute atomic E-state index is 13.6. The van der Waals surface area contributed by atoms with Gasteiger partial charge in [-0.05, 0) is 30.2 Å². The summed E-state index contributed by atoms with van der Waals surface area (Å²) in [5, 5.41) is 0. The minimum Gasteiger partial charge on any atom is -0.410 e. The Morgan fingerprint density at radius 2 is 1.68 bits per heavy atom. The van der Waals surface area contributed by atoms with Crippen molar-refractivity contribution in [2.45, 2.75) is 25.3 Å². The van der Waals surface area contributed by atoms with Gasteiger partial charge in [-0.15, -0.1) is 0 Å². The highest BCUT2D eigenvalue weighted by Gasteiger charge is 2.40. The van der Waals surface area contributed by atoms with Gasteiger partial charge in [0.15, 0.2) is 0 Å². The van der Waals surface area contributed by atoms with E-state index in [0.717, 1.165) is 13.1 Å². The molecule has 196 valence electrons. The van der Waals surface area contributed by atoms with Crippen LogP contribution in [0.25, 0.3) is 0 Å². The monoisotopic (exact) mass is 527 g/mol. The van der Waals surface area contributed by atoms with Crippen molar-refractivity contribution in [1.29, 1.82) is 0 Å². The third-order valence-electron chi connectivity index (χ3n) is 5.85. The lowest BCUT2D eigenvalue weighted by molar-refractivity contribution is -0.139. The Kier molecular flexibility index (Phi) is 6.84. The third-order valence-corrected chi connectivity index (χ3v) is 5.85. The molecule has 1 aliphatic heterocycles. The van der Waals surface area contributed by atoms with Gasteiger partial charge in [-0.2, -0.15) is 26.3 Å². The van der Waals surface area contributed by atoms with Crippen LogP contribution in [0.4, 0.5) is 37.1 Å². The molecule has 0 bridgehead atoms. The highest BCUT2D eigenvalue weighted by molar-refractivity contribution is 5.71. The van der Waals surface area contributed by atoms with Crippen molar-refractivity contribution in [3.05, 3.63) is 81.5 Å². The van der Waals surface area contributed by atoms with E-state index in [4.69, 9.17) is 4.74 Å². The van der Waals surface area contributed by atoms with Crippen molar-refractivity contribution >= 4 is 12.0 Å². The molecule has 8 nitrogen and oxygen atoms in total. The van der Waals surface area contributed by atoms with Gasteiger partial charge >= 0.3 is 18.4 Å². The zero-order valence-corrected chi connectivity index (χ0v) is 19.1. The Bertz CT molecular complexity index is 1330. The average molecular weight is 527 g/mol. The molecule has 1 amide bonds. The van der Waals surface area contributed by atoms with E-state index < -0.39 is 46.7 Å². The summed E-state index contributed by atoms with van der Waals surface area (Å²) in [5.41, 5.74) is -4.26. The number of hydrogen-bond acceptors (Lipinski definition) is 6. The largest absolute Gasteiger partial charge is 0.421 e. The van der Waals surface area contributed by atoms with Crippen molar-refractivity contribution < 1.29 is 35.9 Å². The second kappa shape index (κ2) is 9.75. The number of anilines is 1. The molecule has 37 heavy (non-hydrogen) atoms. The summed E-state index contributed by atoms with van der Waals surface area (Å²) in [6.07, 6.45) is -8.21. The molecule has 1 aliphatic rings. The molecule has 1 saturated heterocycles. The van der Waals surface area contributed by atoms with Crippen molar-refractivity contribution in [3.8, 4) is 5.75 Å². The lowest BCUT2D eigenvalue weighted by atomic mass is 9.96. The van der Waals surface area contributed by atoms with Crippen LogP contribution in [0.5, 0.6) is 5.75 Å². The first-order valence-electron chi connectivity index (χ1n) is 10.8. The molecule has 1 aromatic carbocycles.